The lowest BCUT2D eigenvalue weighted by Gasteiger charge is -2.32. The number of likely N-dealkylation sites (tertiary alicyclic amines) is 1. The Labute approximate surface area is 176 Å². The molecule has 1 aromatic heterocycles. The van der Waals surface area contributed by atoms with Crippen LogP contribution in [0.1, 0.15) is 43.0 Å². The number of piperidine rings is 1. The molecule has 0 aliphatic carbocycles. The molecule has 3 rings (SSSR count). The molecule has 0 bridgehead atoms. The van der Waals surface area contributed by atoms with Gasteiger partial charge in [-0.15, -0.1) is 0 Å². The molecule has 0 saturated carbocycles. The van der Waals surface area contributed by atoms with Gasteiger partial charge in [0.2, 0.25) is 0 Å². The van der Waals surface area contributed by atoms with Crippen LogP contribution in [0.4, 0.5) is 0 Å². The fourth-order valence-corrected chi connectivity index (χ4v) is 3.47. The molecule has 0 atom stereocenters. The van der Waals surface area contributed by atoms with E-state index in [2.05, 4.69) is 22.2 Å². The first kappa shape index (κ1) is 21.5. The van der Waals surface area contributed by atoms with Gasteiger partial charge in [-0.2, -0.15) is 0 Å². The number of hydrogen-bond acceptors (Lipinski definition) is 5. The SMILES string of the molecule is CCCCN=C(C[N+](=O)[O-])NC1CCN(C(=O)c2ccc(-n3ccnc3)cc2)CC1. The van der Waals surface area contributed by atoms with Crippen molar-refractivity contribution in [3.05, 3.63) is 58.7 Å². The molecule has 160 valence electrons. The molecule has 1 aliphatic heterocycles. The maximum absolute atomic E-state index is 12.8. The van der Waals surface area contributed by atoms with Gasteiger partial charge in [0, 0.05) is 54.2 Å². The van der Waals surface area contributed by atoms with Gasteiger partial charge in [0.05, 0.1) is 6.33 Å². The molecule has 1 aromatic carbocycles. The predicted molar refractivity (Wildman–Crippen MR) is 115 cm³/mol. The minimum Gasteiger partial charge on any atom is -0.365 e. The number of carbonyl (C=O) groups excluding carboxylic acids is 1. The van der Waals surface area contributed by atoms with Crippen LogP contribution in [-0.2, 0) is 0 Å². The third-order valence-corrected chi connectivity index (χ3v) is 5.16. The number of aromatic nitrogens is 2. The topological polar surface area (TPSA) is 106 Å². The molecule has 9 nitrogen and oxygen atoms in total. The summed E-state index contributed by atoms with van der Waals surface area (Å²) in [4.78, 5) is 33.6. The van der Waals surface area contributed by atoms with Gasteiger partial charge in [-0.05, 0) is 43.5 Å². The number of carbonyl (C=O) groups is 1. The van der Waals surface area contributed by atoms with Gasteiger partial charge in [0.15, 0.2) is 5.84 Å². The number of hydrogen-bond donors (Lipinski definition) is 1. The lowest BCUT2D eigenvalue weighted by molar-refractivity contribution is -0.463. The quantitative estimate of drug-likeness (QED) is 0.236. The van der Waals surface area contributed by atoms with Crippen molar-refractivity contribution in [2.24, 2.45) is 4.99 Å². The minimum atomic E-state index is -0.357. The van der Waals surface area contributed by atoms with Crippen molar-refractivity contribution < 1.29 is 9.72 Å². The molecule has 1 fully saturated rings. The van der Waals surface area contributed by atoms with E-state index in [1.807, 2.05) is 39.9 Å². The molecule has 2 aromatic rings. The summed E-state index contributed by atoms with van der Waals surface area (Å²) in [5.74, 6) is 0.445. The van der Waals surface area contributed by atoms with E-state index in [0.717, 1.165) is 31.4 Å². The van der Waals surface area contributed by atoms with Crippen molar-refractivity contribution in [2.75, 3.05) is 26.2 Å². The van der Waals surface area contributed by atoms with E-state index in [-0.39, 0.29) is 23.4 Å². The molecule has 1 aliphatic rings. The number of benzene rings is 1. The lowest BCUT2D eigenvalue weighted by Crippen LogP contribution is -2.47. The van der Waals surface area contributed by atoms with Crippen LogP contribution in [0.3, 0.4) is 0 Å². The van der Waals surface area contributed by atoms with Gasteiger partial charge < -0.3 is 14.8 Å². The summed E-state index contributed by atoms with van der Waals surface area (Å²) >= 11 is 0. The normalized spacial score (nSPS) is 15.2. The molecule has 1 amide bonds. The van der Waals surface area contributed by atoms with Crippen molar-refractivity contribution in [3.63, 3.8) is 0 Å². The zero-order chi connectivity index (χ0) is 21.3. The Bertz CT molecular complexity index is 855. The van der Waals surface area contributed by atoms with E-state index in [9.17, 15) is 14.9 Å². The largest absolute Gasteiger partial charge is 0.365 e. The Kier molecular flexibility index (Phi) is 7.53. The summed E-state index contributed by atoms with van der Waals surface area (Å²) in [5.41, 5.74) is 1.60. The number of rotatable bonds is 8. The van der Waals surface area contributed by atoms with Crippen molar-refractivity contribution in [2.45, 2.75) is 38.6 Å². The first-order chi connectivity index (χ1) is 14.6. The third kappa shape index (κ3) is 5.88. The lowest BCUT2D eigenvalue weighted by atomic mass is 10.0. The molecule has 2 heterocycles. The van der Waals surface area contributed by atoms with E-state index in [1.54, 1.807) is 12.5 Å². The van der Waals surface area contributed by atoms with Gasteiger partial charge in [0.25, 0.3) is 12.5 Å². The molecular weight excluding hydrogens is 384 g/mol. The average Bonchev–Trinajstić information content (AvgIpc) is 3.28. The Morgan fingerprint density at radius 3 is 2.63 bits per heavy atom. The van der Waals surface area contributed by atoms with Crippen LogP contribution in [0.2, 0.25) is 0 Å². The van der Waals surface area contributed by atoms with Gasteiger partial charge in [-0.1, -0.05) is 13.3 Å². The monoisotopic (exact) mass is 412 g/mol. The molecule has 30 heavy (non-hydrogen) atoms. The molecular formula is C21H28N6O3. The second kappa shape index (κ2) is 10.5. The molecule has 0 radical (unpaired) electrons. The number of unbranched alkanes of at least 4 members (excludes halogenated alkanes) is 1. The van der Waals surface area contributed by atoms with Crippen LogP contribution in [0, 0.1) is 10.1 Å². The summed E-state index contributed by atoms with van der Waals surface area (Å²) in [6.07, 6.45) is 8.67. The summed E-state index contributed by atoms with van der Waals surface area (Å²) in [6, 6.07) is 7.56. The van der Waals surface area contributed by atoms with E-state index in [4.69, 9.17) is 0 Å². The highest BCUT2D eigenvalue weighted by molar-refractivity contribution is 5.94. The maximum Gasteiger partial charge on any atom is 0.259 e. The highest BCUT2D eigenvalue weighted by Crippen LogP contribution is 2.16. The molecule has 0 spiro atoms. The van der Waals surface area contributed by atoms with E-state index >= 15 is 0 Å². The number of nitrogens with zero attached hydrogens (tertiary/aromatic N) is 5. The Morgan fingerprint density at radius 1 is 1.30 bits per heavy atom. The van der Waals surface area contributed by atoms with Crippen LogP contribution in [0.15, 0.2) is 48.0 Å². The number of amides is 1. The van der Waals surface area contributed by atoms with Gasteiger partial charge in [0.1, 0.15) is 0 Å². The van der Waals surface area contributed by atoms with E-state index in [1.165, 1.54) is 0 Å². The fourth-order valence-electron chi connectivity index (χ4n) is 3.47. The van der Waals surface area contributed by atoms with Crippen molar-refractivity contribution in [1.82, 2.24) is 19.8 Å². The summed E-state index contributed by atoms with van der Waals surface area (Å²) in [6.45, 7) is 3.60. The van der Waals surface area contributed by atoms with Crippen molar-refractivity contribution in [1.29, 1.82) is 0 Å². The zero-order valence-electron chi connectivity index (χ0n) is 17.2. The number of aliphatic imine (C=N–C) groups is 1. The second-order valence-electron chi connectivity index (χ2n) is 7.40. The maximum atomic E-state index is 12.8. The van der Waals surface area contributed by atoms with Crippen molar-refractivity contribution >= 4 is 11.7 Å². The number of nitro groups is 1. The highest BCUT2D eigenvalue weighted by atomic mass is 16.6. The van der Waals surface area contributed by atoms with Gasteiger partial charge in [-0.3, -0.25) is 19.9 Å². The fraction of sp³-hybridized carbons (Fsp3) is 0.476. The summed E-state index contributed by atoms with van der Waals surface area (Å²) < 4.78 is 1.88. The second-order valence-corrected chi connectivity index (χ2v) is 7.40. The Morgan fingerprint density at radius 2 is 2.03 bits per heavy atom. The van der Waals surface area contributed by atoms with E-state index < -0.39 is 0 Å². The average molecular weight is 412 g/mol. The first-order valence-electron chi connectivity index (χ1n) is 10.4. The molecule has 1 N–H and O–H groups in total. The summed E-state index contributed by atoms with van der Waals surface area (Å²) in [5, 5.41) is 14.1. The Hall–Kier alpha value is -3.23. The number of nitrogens with one attached hydrogen (secondary N) is 1. The van der Waals surface area contributed by atoms with E-state index in [0.29, 0.717) is 31.0 Å². The number of imidazole rings is 1. The highest BCUT2D eigenvalue weighted by Gasteiger charge is 2.25. The molecule has 0 unspecified atom stereocenters. The third-order valence-electron chi connectivity index (χ3n) is 5.16. The predicted octanol–water partition coefficient (Wildman–Crippen LogP) is 2.54. The molecule has 1 saturated heterocycles. The smallest absolute Gasteiger partial charge is 0.259 e. The standard InChI is InChI=1S/C21H28N6O3/c1-2-3-10-23-20(15-27(29)30)24-18-8-12-25(13-9-18)21(28)17-4-6-19(7-5-17)26-14-11-22-16-26/h4-7,11,14,16,18H,2-3,8-10,12-13,15H2,1H3,(H,23,24). The van der Waals surface area contributed by atoms with Crippen LogP contribution in [0.25, 0.3) is 5.69 Å². The van der Waals surface area contributed by atoms with Crippen LogP contribution >= 0.6 is 0 Å². The summed E-state index contributed by atoms with van der Waals surface area (Å²) in [7, 11) is 0. The van der Waals surface area contributed by atoms with Crippen LogP contribution in [-0.4, -0.2) is 63.3 Å². The molecule has 9 heteroatoms. The minimum absolute atomic E-state index is 0.00718. The van der Waals surface area contributed by atoms with Crippen LogP contribution < -0.4 is 5.32 Å². The zero-order valence-corrected chi connectivity index (χ0v) is 17.2. The van der Waals surface area contributed by atoms with Crippen LogP contribution in [0.5, 0.6) is 0 Å². The Balaban J connectivity index is 1.53. The first-order valence-corrected chi connectivity index (χ1v) is 10.4. The van der Waals surface area contributed by atoms with Gasteiger partial charge >= 0.3 is 0 Å². The number of amidine groups is 1. The van der Waals surface area contributed by atoms with Gasteiger partial charge in [-0.25, -0.2) is 4.98 Å². The van der Waals surface area contributed by atoms with Crippen molar-refractivity contribution in [3.8, 4) is 5.69 Å².